The van der Waals surface area contributed by atoms with Gasteiger partial charge in [0.2, 0.25) is 0 Å². The first kappa shape index (κ1) is 14.8. The lowest BCUT2D eigenvalue weighted by Gasteiger charge is -2.36. The van der Waals surface area contributed by atoms with Gasteiger partial charge in [-0.3, -0.25) is 5.01 Å². The summed E-state index contributed by atoms with van der Waals surface area (Å²) in [5, 5.41) is 6.54. The van der Waals surface area contributed by atoms with Gasteiger partial charge in [0.05, 0.1) is 17.5 Å². The number of hydrogen-bond acceptors (Lipinski definition) is 3. The van der Waals surface area contributed by atoms with Crippen molar-refractivity contribution in [2.45, 2.75) is 64.8 Å². The Labute approximate surface area is 111 Å². The lowest BCUT2D eigenvalue weighted by atomic mass is 9.91. The van der Waals surface area contributed by atoms with Crippen LogP contribution in [0.5, 0.6) is 0 Å². The molecule has 18 heavy (non-hydrogen) atoms. The van der Waals surface area contributed by atoms with Crippen LogP contribution in [0.15, 0.2) is 29.2 Å². The Kier molecular flexibility index (Phi) is 5.96. The second kappa shape index (κ2) is 7.24. The van der Waals surface area contributed by atoms with Crippen LogP contribution in [-0.4, -0.2) is 16.8 Å². The van der Waals surface area contributed by atoms with Gasteiger partial charge in [-0.25, -0.2) is 0 Å². The predicted octanol–water partition coefficient (Wildman–Crippen LogP) is 3.78. The van der Waals surface area contributed by atoms with Crippen molar-refractivity contribution < 1.29 is 0 Å². The van der Waals surface area contributed by atoms with Crippen LogP contribution in [0.2, 0.25) is 0 Å². The third-order valence-electron chi connectivity index (χ3n) is 3.73. The van der Waals surface area contributed by atoms with Crippen molar-refractivity contribution in [3.8, 4) is 0 Å². The molecule has 1 heterocycles. The summed E-state index contributed by atoms with van der Waals surface area (Å²) in [5.74, 6) is 0. The molecule has 1 rings (SSSR count). The third kappa shape index (κ3) is 4.21. The first-order chi connectivity index (χ1) is 8.62. The highest BCUT2D eigenvalue weighted by atomic mass is 15.5. The van der Waals surface area contributed by atoms with E-state index in [1.807, 2.05) is 18.4 Å². The van der Waals surface area contributed by atoms with Gasteiger partial charge < -0.3 is 5.73 Å². The van der Waals surface area contributed by atoms with Crippen molar-refractivity contribution in [1.82, 2.24) is 5.01 Å². The van der Waals surface area contributed by atoms with Crippen molar-refractivity contribution in [1.29, 1.82) is 0 Å². The monoisotopic (exact) mass is 249 g/mol. The number of rotatable bonds is 7. The minimum atomic E-state index is 0.0964. The molecule has 0 aromatic heterocycles. The standard InChI is InChI=1S/C15H27N3/c1-4-6-7-8-11-15(3,5-2)18-12-9-10-14(16)13-17-18/h9-10,12-13H,4-8,11,16H2,1-3H3. The summed E-state index contributed by atoms with van der Waals surface area (Å²) in [7, 11) is 0. The van der Waals surface area contributed by atoms with Gasteiger partial charge in [0, 0.05) is 6.20 Å². The van der Waals surface area contributed by atoms with Crippen molar-refractivity contribution in [3.05, 3.63) is 24.0 Å². The van der Waals surface area contributed by atoms with Gasteiger partial charge in [0.15, 0.2) is 0 Å². The van der Waals surface area contributed by atoms with E-state index in [1.165, 1.54) is 32.1 Å². The molecular weight excluding hydrogens is 222 g/mol. The summed E-state index contributed by atoms with van der Waals surface area (Å²) in [5.41, 5.74) is 6.56. The fraction of sp³-hybridized carbons (Fsp3) is 0.667. The average Bonchev–Trinajstić information content (AvgIpc) is 2.59. The number of allylic oxidation sites excluding steroid dienone is 3. The normalized spacial score (nSPS) is 18.4. The van der Waals surface area contributed by atoms with E-state index in [9.17, 15) is 0 Å². The summed E-state index contributed by atoms with van der Waals surface area (Å²) in [6.07, 6.45) is 15.1. The van der Waals surface area contributed by atoms with E-state index in [0.717, 1.165) is 6.42 Å². The van der Waals surface area contributed by atoms with Crippen LogP contribution in [0.1, 0.15) is 59.3 Å². The zero-order valence-electron chi connectivity index (χ0n) is 12.0. The Morgan fingerprint density at radius 1 is 1.28 bits per heavy atom. The van der Waals surface area contributed by atoms with E-state index in [4.69, 9.17) is 5.73 Å². The quantitative estimate of drug-likeness (QED) is 0.698. The lowest BCUT2D eigenvalue weighted by molar-refractivity contribution is 0.148. The smallest absolute Gasteiger partial charge is 0.0704 e. The minimum Gasteiger partial charge on any atom is -0.397 e. The SMILES string of the molecule is CCCCCCC(C)(CC)N1C=CC=C(N)C=N1. The Bertz CT molecular complexity index is 331. The average molecular weight is 249 g/mol. The summed E-state index contributed by atoms with van der Waals surface area (Å²) < 4.78 is 0. The fourth-order valence-electron chi connectivity index (χ4n) is 2.15. The molecule has 0 radical (unpaired) electrons. The van der Waals surface area contributed by atoms with Crippen molar-refractivity contribution in [2.75, 3.05) is 0 Å². The van der Waals surface area contributed by atoms with Gasteiger partial charge in [-0.2, -0.15) is 5.10 Å². The molecule has 1 aliphatic heterocycles. The van der Waals surface area contributed by atoms with Crippen LogP contribution in [0.3, 0.4) is 0 Å². The number of nitrogens with zero attached hydrogens (tertiary/aromatic N) is 2. The maximum Gasteiger partial charge on any atom is 0.0704 e. The van der Waals surface area contributed by atoms with Crippen LogP contribution in [-0.2, 0) is 0 Å². The van der Waals surface area contributed by atoms with Crippen LogP contribution >= 0.6 is 0 Å². The Balaban J connectivity index is 2.61. The maximum atomic E-state index is 5.76. The molecule has 0 aromatic carbocycles. The van der Waals surface area contributed by atoms with E-state index in [-0.39, 0.29) is 5.54 Å². The minimum absolute atomic E-state index is 0.0964. The molecule has 0 saturated carbocycles. The number of hydrazone groups is 1. The molecule has 0 fully saturated rings. The zero-order chi connectivity index (χ0) is 13.4. The highest BCUT2D eigenvalue weighted by Gasteiger charge is 2.27. The van der Waals surface area contributed by atoms with E-state index >= 15 is 0 Å². The van der Waals surface area contributed by atoms with Crippen molar-refractivity contribution in [3.63, 3.8) is 0 Å². The van der Waals surface area contributed by atoms with Crippen LogP contribution in [0, 0.1) is 0 Å². The molecule has 0 bridgehead atoms. The Hall–Kier alpha value is -1.25. The van der Waals surface area contributed by atoms with Crippen molar-refractivity contribution in [2.24, 2.45) is 10.8 Å². The highest BCUT2D eigenvalue weighted by molar-refractivity contribution is 5.77. The number of unbranched alkanes of at least 4 members (excludes halogenated alkanes) is 3. The molecule has 1 unspecified atom stereocenters. The summed E-state index contributed by atoms with van der Waals surface area (Å²) >= 11 is 0. The number of hydrogen-bond donors (Lipinski definition) is 1. The van der Waals surface area contributed by atoms with E-state index in [2.05, 4.69) is 30.9 Å². The predicted molar refractivity (Wildman–Crippen MR) is 79.2 cm³/mol. The molecule has 0 aliphatic carbocycles. The molecule has 1 aliphatic rings. The molecule has 3 heteroatoms. The van der Waals surface area contributed by atoms with E-state index < -0.39 is 0 Å². The first-order valence-electron chi connectivity index (χ1n) is 7.09. The third-order valence-corrected chi connectivity index (χ3v) is 3.73. The lowest BCUT2D eigenvalue weighted by Crippen LogP contribution is -2.39. The van der Waals surface area contributed by atoms with Gasteiger partial charge in [-0.15, -0.1) is 0 Å². The van der Waals surface area contributed by atoms with E-state index in [0.29, 0.717) is 5.70 Å². The van der Waals surface area contributed by atoms with Gasteiger partial charge in [-0.05, 0) is 31.9 Å². The molecule has 0 spiro atoms. The van der Waals surface area contributed by atoms with E-state index in [1.54, 1.807) is 6.21 Å². The molecule has 0 saturated heterocycles. The van der Waals surface area contributed by atoms with Gasteiger partial charge in [0.1, 0.15) is 0 Å². The first-order valence-corrected chi connectivity index (χ1v) is 7.09. The van der Waals surface area contributed by atoms with Crippen LogP contribution in [0.4, 0.5) is 0 Å². The molecule has 3 nitrogen and oxygen atoms in total. The fourth-order valence-corrected chi connectivity index (χ4v) is 2.15. The van der Waals surface area contributed by atoms with Gasteiger partial charge >= 0.3 is 0 Å². The second-order valence-corrected chi connectivity index (χ2v) is 5.26. The van der Waals surface area contributed by atoms with Gasteiger partial charge in [0.25, 0.3) is 0 Å². The maximum absolute atomic E-state index is 5.76. The topological polar surface area (TPSA) is 41.6 Å². The molecular formula is C15H27N3. The summed E-state index contributed by atoms with van der Waals surface area (Å²) in [6, 6.07) is 0. The molecule has 0 amide bonds. The van der Waals surface area contributed by atoms with Crippen molar-refractivity contribution >= 4 is 6.21 Å². The van der Waals surface area contributed by atoms with Crippen LogP contribution < -0.4 is 5.73 Å². The molecule has 0 aromatic rings. The Morgan fingerprint density at radius 3 is 2.72 bits per heavy atom. The number of nitrogens with two attached hydrogens (primary N) is 1. The summed E-state index contributed by atoms with van der Waals surface area (Å²) in [4.78, 5) is 0. The summed E-state index contributed by atoms with van der Waals surface area (Å²) in [6.45, 7) is 6.75. The largest absolute Gasteiger partial charge is 0.397 e. The highest BCUT2D eigenvalue weighted by Crippen LogP contribution is 2.27. The molecule has 102 valence electrons. The molecule has 2 N–H and O–H groups in total. The Morgan fingerprint density at radius 2 is 2.06 bits per heavy atom. The molecule has 1 atom stereocenters. The second-order valence-electron chi connectivity index (χ2n) is 5.26. The zero-order valence-corrected chi connectivity index (χ0v) is 12.0. The van der Waals surface area contributed by atoms with Crippen LogP contribution in [0.25, 0.3) is 0 Å². The van der Waals surface area contributed by atoms with Gasteiger partial charge in [-0.1, -0.05) is 39.5 Å².